The predicted octanol–water partition coefficient (Wildman–Crippen LogP) is 3.24. The topological polar surface area (TPSA) is 51.2 Å². The van der Waals surface area contributed by atoms with Crippen molar-refractivity contribution in [2.75, 3.05) is 28.4 Å². The van der Waals surface area contributed by atoms with Crippen molar-refractivity contribution in [3.8, 4) is 23.0 Å². The summed E-state index contributed by atoms with van der Waals surface area (Å²) in [7, 11) is 7.08. The first-order valence-corrected chi connectivity index (χ1v) is 8.43. The van der Waals surface area contributed by atoms with E-state index < -0.39 is 0 Å². The number of benzene rings is 2. The van der Waals surface area contributed by atoms with Crippen molar-refractivity contribution in [3.05, 3.63) is 46.5 Å². The van der Waals surface area contributed by atoms with Gasteiger partial charge in [-0.25, -0.2) is 0 Å². The molecule has 0 saturated heterocycles. The third-order valence-corrected chi connectivity index (χ3v) is 5.61. The molecule has 0 aliphatic carbocycles. The van der Waals surface area contributed by atoms with Crippen molar-refractivity contribution >= 4 is 0 Å². The summed E-state index contributed by atoms with van der Waals surface area (Å²) in [5, 5.41) is 10.2. The second-order valence-corrected chi connectivity index (χ2v) is 6.73. The van der Waals surface area contributed by atoms with Crippen LogP contribution in [0.1, 0.15) is 34.3 Å². The molecule has 0 unspecified atom stereocenters. The normalized spacial score (nSPS) is 21.3. The highest BCUT2D eigenvalue weighted by Crippen LogP contribution is 2.50. The summed E-state index contributed by atoms with van der Waals surface area (Å²) in [5.41, 5.74) is 4.99. The van der Waals surface area contributed by atoms with Gasteiger partial charge in [0.05, 0.1) is 21.3 Å². The van der Waals surface area contributed by atoms with E-state index >= 15 is 0 Å². The van der Waals surface area contributed by atoms with Gasteiger partial charge in [-0.05, 0) is 66.4 Å². The number of methoxy groups -OCH3 is 3. The first kappa shape index (κ1) is 16.1. The van der Waals surface area contributed by atoms with E-state index in [-0.39, 0.29) is 17.8 Å². The summed E-state index contributed by atoms with van der Waals surface area (Å²) in [6.45, 7) is 0. The molecule has 2 heterocycles. The molecule has 2 aromatic carbocycles. The van der Waals surface area contributed by atoms with Gasteiger partial charge in [-0.3, -0.25) is 4.90 Å². The third kappa shape index (κ3) is 2.34. The zero-order valence-electron chi connectivity index (χ0n) is 15.0. The lowest BCUT2D eigenvalue weighted by Crippen LogP contribution is -2.40. The molecule has 25 heavy (non-hydrogen) atoms. The molecule has 0 spiro atoms. The van der Waals surface area contributed by atoms with Crippen molar-refractivity contribution in [2.45, 2.75) is 24.9 Å². The minimum atomic E-state index is 0.200. The van der Waals surface area contributed by atoms with Crippen LogP contribution in [0.4, 0.5) is 0 Å². The van der Waals surface area contributed by atoms with Gasteiger partial charge in [-0.15, -0.1) is 0 Å². The molecule has 2 aliphatic rings. The van der Waals surface area contributed by atoms with E-state index in [1.807, 2.05) is 12.1 Å². The molecule has 5 heteroatoms. The quantitative estimate of drug-likeness (QED) is 0.929. The second-order valence-electron chi connectivity index (χ2n) is 6.73. The number of phenols is 1. The van der Waals surface area contributed by atoms with Crippen LogP contribution in [0, 0.1) is 0 Å². The lowest BCUT2D eigenvalue weighted by atomic mass is 9.76. The molecule has 5 nitrogen and oxygen atoms in total. The highest BCUT2D eigenvalue weighted by atomic mass is 16.5. The van der Waals surface area contributed by atoms with Crippen LogP contribution >= 0.6 is 0 Å². The number of aromatic hydroxyl groups is 1. The van der Waals surface area contributed by atoms with Crippen LogP contribution in [-0.4, -0.2) is 38.4 Å². The van der Waals surface area contributed by atoms with Crippen LogP contribution in [0.25, 0.3) is 0 Å². The number of hydrogen-bond acceptors (Lipinski definition) is 5. The summed E-state index contributed by atoms with van der Waals surface area (Å²) < 4.78 is 16.3. The Morgan fingerprint density at radius 3 is 1.84 bits per heavy atom. The van der Waals surface area contributed by atoms with Crippen LogP contribution in [0.3, 0.4) is 0 Å². The molecule has 2 aliphatic heterocycles. The molecular weight excluding hydrogens is 318 g/mol. The SMILES string of the molecule is COc1cc2c(cc1O)[C@H]1Cc3cc(OC)c(OC)cc3[C@@H](C2)N1C. The largest absolute Gasteiger partial charge is 0.504 e. The summed E-state index contributed by atoms with van der Waals surface area (Å²) in [4.78, 5) is 2.39. The van der Waals surface area contributed by atoms with E-state index in [4.69, 9.17) is 14.2 Å². The number of fused-ring (bicyclic) bond motifs is 6. The van der Waals surface area contributed by atoms with Crippen LogP contribution in [-0.2, 0) is 12.8 Å². The van der Waals surface area contributed by atoms with E-state index in [1.165, 1.54) is 22.3 Å². The number of rotatable bonds is 3. The number of ether oxygens (including phenoxy) is 3. The highest BCUT2D eigenvalue weighted by Gasteiger charge is 2.39. The average Bonchev–Trinajstić information content (AvgIpc) is 2.62. The molecule has 0 saturated carbocycles. The lowest BCUT2D eigenvalue weighted by Gasteiger charge is -2.46. The van der Waals surface area contributed by atoms with E-state index in [2.05, 4.69) is 24.1 Å². The Bertz CT molecular complexity index is 833. The van der Waals surface area contributed by atoms with Crippen LogP contribution in [0.5, 0.6) is 23.0 Å². The molecule has 4 rings (SSSR count). The molecule has 1 N–H and O–H groups in total. The first-order chi connectivity index (χ1) is 12.1. The summed E-state index contributed by atoms with van der Waals surface area (Å²) in [5.74, 6) is 2.27. The smallest absolute Gasteiger partial charge is 0.161 e. The number of nitrogens with zero attached hydrogens (tertiary/aromatic N) is 1. The van der Waals surface area contributed by atoms with Crippen molar-refractivity contribution in [1.82, 2.24) is 4.90 Å². The maximum absolute atomic E-state index is 10.2. The molecule has 0 radical (unpaired) electrons. The molecule has 0 fully saturated rings. The van der Waals surface area contributed by atoms with Gasteiger partial charge in [0, 0.05) is 12.1 Å². The fraction of sp³-hybridized carbons (Fsp3) is 0.400. The van der Waals surface area contributed by atoms with Crippen LogP contribution in [0.15, 0.2) is 24.3 Å². The van der Waals surface area contributed by atoms with Gasteiger partial charge >= 0.3 is 0 Å². The molecule has 0 aromatic heterocycles. The Kier molecular flexibility index (Phi) is 3.76. The Hall–Kier alpha value is -2.40. The minimum Gasteiger partial charge on any atom is -0.504 e. The van der Waals surface area contributed by atoms with Gasteiger partial charge in [0.25, 0.3) is 0 Å². The maximum Gasteiger partial charge on any atom is 0.161 e. The molecule has 2 bridgehead atoms. The van der Waals surface area contributed by atoms with Gasteiger partial charge in [0.15, 0.2) is 23.0 Å². The Balaban J connectivity index is 1.84. The molecule has 2 atom stereocenters. The number of likely N-dealkylation sites (N-methyl/N-ethyl adjacent to an activating group) is 1. The lowest BCUT2D eigenvalue weighted by molar-refractivity contribution is 0.137. The third-order valence-electron chi connectivity index (χ3n) is 5.61. The fourth-order valence-electron chi connectivity index (χ4n) is 4.28. The van der Waals surface area contributed by atoms with Crippen molar-refractivity contribution < 1.29 is 19.3 Å². The number of phenolic OH excluding ortho intramolecular Hbond substituents is 1. The van der Waals surface area contributed by atoms with Gasteiger partial charge in [-0.2, -0.15) is 0 Å². The number of hydrogen-bond donors (Lipinski definition) is 1. The van der Waals surface area contributed by atoms with Gasteiger partial charge in [0.1, 0.15) is 0 Å². The van der Waals surface area contributed by atoms with Gasteiger partial charge in [0.2, 0.25) is 0 Å². The summed E-state index contributed by atoms with van der Waals surface area (Å²) >= 11 is 0. The average molecular weight is 341 g/mol. The molecule has 132 valence electrons. The monoisotopic (exact) mass is 341 g/mol. The van der Waals surface area contributed by atoms with Crippen LogP contribution in [0.2, 0.25) is 0 Å². The zero-order valence-corrected chi connectivity index (χ0v) is 15.0. The Labute approximate surface area is 147 Å². The fourth-order valence-corrected chi connectivity index (χ4v) is 4.28. The first-order valence-electron chi connectivity index (χ1n) is 8.43. The van der Waals surface area contributed by atoms with E-state index in [9.17, 15) is 5.11 Å². The molecular formula is C20H23NO4. The predicted molar refractivity (Wildman–Crippen MR) is 94.9 cm³/mol. The standard InChI is InChI=1S/C20H23NO4/c1-21-15-6-12-8-19(24-3)20(25-4)10-14(12)16(21)5-11-7-18(23-2)17(22)9-13(11)15/h7-10,15-16,22H,5-6H2,1-4H3/t15-,16-/m1/s1. The maximum atomic E-state index is 10.2. The van der Waals surface area contributed by atoms with Gasteiger partial charge in [-0.1, -0.05) is 0 Å². The van der Waals surface area contributed by atoms with E-state index in [0.29, 0.717) is 5.75 Å². The zero-order chi connectivity index (χ0) is 17.7. The van der Waals surface area contributed by atoms with Crippen molar-refractivity contribution in [3.63, 3.8) is 0 Å². The second kappa shape index (κ2) is 5.85. The Morgan fingerprint density at radius 1 is 0.800 bits per heavy atom. The molecule has 0 amide bonds. The van der Waals surface area contributed by atoms with E-state index in [0.717, 1.165) is 24.3 Å². The minimum absolute atomic E-state index is 0.200. The van der Waals surface area contributed by atoms with Crippen LogP contribution < -0.4 is 14.2 Å². The van der Waals surface area contributed by atoms with E-state index in [1.54, 1.807) is 21.3 Å². The molecule has 2 aromatic rings. The van der Waals surface area contributed by atoms with Crippen molar-refractivity contribution in [1.29, 1.82) is 0 Å². The van der Waals surface area contributed by atoms with Gasteiger partial charge < -0.3 is 19.3 Å². The highest BCUT2D eigenvalue weighted by molar-refractivity contribution is 5.55. The Morgan fingerprint density at radius 2 is 1.28 bits per heavy atom. The summed E-state index contributed by atoms with van der Waals surface area (Å²) in [6, 6.07) is 8.54. The summed E-state index contributed by atoms with van der Waals surface area (Å²) in [6.07, 6.45) is 1.75. The van der Waals surface area contributed by atoms with Crippen molar-refractivity contribution in [2.24, 2.45) is 0 Å².